The summed E-state index contributed by atoms with van der Waals surface area (Å²) in [6.45, 7) is 2.22. The molecular weight excluding hydrogens is 616 g/mol. The van der Waals surface area contributed by atoms with E-state index in [4.69, 9.17) is 10.5 Å². The third-order valence-corrected chi connectivity index (χ3v) is 9.61. The van der Waals surface area contributed by atoms with Gasteiger partial charge in [-0.3, -0.25) is 14.5 Å². The molecule has 2 heterocycles. The van der Waals surface area contributed by atoms with Crippen molar-refractivity contribution in [3.63, 3.8) is 0 Å². The molecule has 3 aliphatic rings. The zero-order valence-electron chi connectivity index (χ0n) is 26.8. The molecule has 0 aromatic heterocycles. The summed E-state index contributed by atoms with van der Waals surface area (Å²) < 4.78 is 59.7. The Balaban J connectivity index is 1.44. The zero-order valence-corrected chi connectivity index (χ0v) is 26.8. The van der Waals surface area contributed by atoms with Crippen molar-refractivity contribution in [2.75, 3.05) is 26.2 Å². The van der Waals surface area contributed by atoms with Crippen LogP contribution in [0, 0.1) is 24.6 Å². The minimum atomic E-state index is -4.55. The third kappa shape index (κ3) is 8.44. The number of alkyl halides is 3. The van der Waals surface area contributed by atoms with Crippen molar-refractivity contribution in [1.29, 1.82) is 0 Å². The van der Waals surface area contributed by atoms with Gasteiger partial charge in [-0.05, 0) is 93.3 Å². The summed E-state index contributed by atoms with van der Waals surface area (Å²) in [6.07, 6.45) is 1.11. The molecule has 0 unspecified atom stereocenters. The predicted octanol–water partition coefficient (Wildman–Crippen LogP) is 6.04. The van der Waals surface area contributed by atoms with Crippen molar-refractivity contribution in [1.82, 2.24) is 14.7 Å². The lowest BCUT2D eigenvalue weighted by Crippen LogP contribution is -2.73. The summed E-state index contributed by atoms with van der Waals surface area (Å²) in [5, 5.41) is 0. The van der Waals surface area contributed by atoms with Crippen molar-refractivity contribution in [2.45, 2.75) is 89.7 Å². The summed E-state index contributed by atoms with van der Waals surface area (Å²) in [6, 6.07) is 8.50. The van der Waals surface area contributed by atoms with Crippen LogP contribution in [0.15, 0.2) is 42.5 Å². The van der Waals surface area contributed by atoms with Crippen molar-refractivity contribution in [3.8, 4) is 0 Å². The maximum atomic E-state index is 14.2. The molecule has 5 rings (SSSR count). The molecule has 0 bridgehead atoms. The van der Waals surface area contributed by atoms with Crippen molar-refractivity contribution >= 4 is 17.9 Å². The monoisotopic (exact) mass is 660 g/mol. The van der Waals surface area contributed by atoms with E-state index >= 15 is 0 Å². The largest absolute Gasteiger partial charge is 0.444 e. The van der Waals surface area contributed by atoms with Gasteiger partial charge in [0.15, 0.2) is 0 Å². The van der Waals surface area contributed by atoms with Crippen LogP contribution in [0.3, 0.4) is 0 Å². The molecule has 2 aromatic rings. The first kappa shape index (κ1) is 34.7. The van der Waals surface area contributed by atoms with E-state index in [1.165, 1.54) is 28.0 Å². The second-order valence-corrected chi connectivity index (χ2v) is 13.2. The van der Waals surface area contributed by atoms with Crippen LogP contribution in [0.4, 0.5) is 22.4 Å². The number of halogens is 4. The SMILES string of the molecule is Cc1cc(COC(=O)N2C[C@@H](Cc3ccc(F)cc3)C(=O)N3[C@@H]2CN(CC2CCCCC2)C(=O)[C@@H]3CCCCN)cc(C(F)(F)F)c1. The standard InChI is InChI=1S/C35H44F4N4O4/c1-23-15-26(18-28(16-23)35(37,38)39)22-47-34(46)42-20-27(17-24-10-12-29(36)13-11-24)32(44)43-30(9-5-6-14-40)33(45)41(21-31(42)43)19-25-7-3-2-4-8-25/h10-13,15-16,18,25,27,30-31H,2-9,14,17,19-22,40H2,1H3/t27-,30+,31-/m1/s1. The topological polar surface area (TPSA) is 96.2 Å². The number of unbranched alkanes of at least 4 members (excludes halogenated alkanes) is 1. The van der Waals surface area contributed by atoms with E-state index in [0.29, 0.717) is 49.4 Å². The lowest BCUT2D eigenvalue weighted by Gasteiger charge is -2.54. The Kier molecular flexibility index (Phi) is 11.1. The molecule has 256 valence electrons. The van der Waals surface area contributed by atoms with Crippen molar-refractivity contribution in [3.05, 3.63) is 70.5 Å². The average Bonchev–Trinajstić information content (AvgIpc) is 3.03. The third-order valence-electron chi connectivity index (χ3n) is 9.61. The van der Waals surface area contributed by atoms with Gasteiger partial charge in [0.25, 0.3) is 0 Å². The molecule has 8 nitrogen and oxygen atoms in total. The van der Waals surface area contributed by atoms with Gasteiger partial charge in [0, 0.05) is 13.1 Å². The highest BCUT2D eigenvalue weighted by Gasteiger charge is 2.52. The maximum Gasteiger partial charge on any atom is 0.416 e. The van der Waals surface area contributed by atoms with E-state index in [1.807, 2.05) is 0 Å². The summed E-state index contributed by atoms with van der Waals surface area (Å²) in [7, 11) is 0. The minimum Gasteiger partial charge on any atom is -0.444 e. The van der Waals surface area contributed by atoms with Gasteiger partial charge in [0.1, 0.15) is 24.6 Å². The fourth-order valence-electron chi connectivity index (χ4n) is 7.29. The highest BCUT2D eigenvalue weighted by atomic mass is 19.4. The van der Waals surface area contributed by atoms with E-state index in [1.54, 1.807) is 24.0 Å². The van der Waals surface area contributed by atoms with E-state index in [9.17, 15) is 31.9 Å². The van der Waals surface area contributed by atoms with Gasteiger partial charge in [0.2, 0.25) is 11.8 Å². The first-order valence-corrected chi connectivity index (χ1v) is 16.6. The van der Waals surface area contributed by atoms with Gasteiger partial charge in [0.05, 0.1) is 18.0 Å². The van der Waals surface area contributed by atoms with Crippen LogP contribution in [0.25, 0.3) is 0 Å². The summed E-state index contributed by atoms with van der Waals surface area (Å²) >= 11 is 0. The fourth-order valence-corrected chi connectivity index (χ4v) is 7.29. The molecule has 1 aliphatic carbocycles. The molecule has 0 spiro atoms. The average molecular weight is 661 g/mol. The Bertz CT molecular complexity index is 1410. The number of nitrogens with two attached hydrogens (primary N) is 1. The Hall–Kier alpha value is -3.67. The number of amides is 3. The predicted molar refractivity (Wildman–Crippen MR) is 167 cm³/mol. The van der Waals surface area contributed by atoms with Gasteiger partial charge in [-0.2, -0.15) is 13.2 Å². The lowest BCUT2D eigenvalue weighted by molar-refractivity contribution is -0.174. The number of carbonyl (C=O) groups is 3. The van der Waals surface area contributed by atoms with Gasteiger partial charge >= 0.3 is 12.3 Å². The number of ether oxygens (including phenoxy) is 1. The smallest absolute Gasteiger partial charge is 0.416 e. The molecule has 2 aliphatic heterocycles. The number of hydrogen-bond acceptors (Lipinski definition) is 5. The van der Waals surface area contributed by atoms with Crippen molar-refractivity contribution in [2.24, 2.45) is 17.6 Å². The number of fused-ring (bicyclic) bond motifs is 1. The fraction of sp³-hybridized carbons (Fsp3) is 0.571. The number of benzene rings is 2. The molecule has 12 heteroatoms. The number of hydrogen-bond donors (Lipinski definition) is 1. The van der Waals surface area contributed by atoms with Crippen LogP contribution in [-0.2, 0) is 33.5 Å². The summed E-state index contributed by atoms with van der Waals surface area (Å²) in [4.78, 5) is 46.9. The number of aryl methyl sites for hydroxylation is 1. The highest BCUT2D eigenvalue weighted by molar-refractivity contribution is 5.91. The molecular formula is C35H44F4N4O4. The Morgan fingerprint density at radius 1 is 0.957 bits per heavy atom. The first-order chi connectivity index (χ1) is 22.4. The summed E-state index contributed by atoms with van der Waals surface area (Å²) in [5.74, 6) is -1.24. The highest BCUT2D eigenvalue weighted by Crippen LogP contribution is 2.35. The zero-order chi connectivity index (χ0) is 33.7. The first-order valence-electron chi connectivity index (χ1n) is 16.6. The Morgan fingerprint density at radius 2 is 1.68 bits per heavy atom. The van der Waals surface area contributed by atoms with Gasteiger partial charge in [-0.1, -0.05) is 43.0 Å². The van der Waals surface area contributed by atoms with Crippen LogP contribution < -0.4 is 5.73 Å². The number of carbonyl (C=O) groups excluding carboxylic acids is 3. The van der Waals surface area contributed by atoms with Gasteiger partial charge in [-0.15, -0.1) is 0 Å². The van der Waals surface area contributed by atoms with Gasteiger partial charge < -0.3 is 20.3 Å². The molecule has 47 heavy (non-hydrogen) atoms. The molecule has 0 radical (unpaired) electrons. The van der Waals surface area contributed by atoms with E-state index in [0.717, 1.165) is 44.2 Å². The quantitative estimate of drug-likeness (QED) is 0.248. The number of nitrogens with zero attached hydrogens (tertiary/aromatic N) is 3. The number of piperazine rings is 1. The molecule has 2 saturated heterocycles. The number of rotatable bonds is 10. The lowest BCUT2D eigenvalue weighted by atomic mass is 9.87. The normalized spacial score (nSPS) is 22.4. The van der Waals surface area contributed by atoms with Crippen LogP contribution >= 0.6 is 0 Å². The Morgan fingerprint density at radius 3 is 2.36 bits per heavy atom. The van der Waals surface area contributed by atoms with E-state index in [2.05, 4.69) is 0 Å². The molecule has 2 aromatic carbocycles. The second kappa shape index (κ2) is 15.0. The molecule has 3 atom stereocenters. The summed E-state index contributed by atoms with van der Waals surface area (Å²) in [5.41, 5.74) is 6.19. The molecule has 1 saturated carbocycles. The maximum absolute atomic E-state index is 14.2. The van der Waals surface area contributed by atoms with Gasteiger partial charge in [-0.25, -0.2) is 9.18 Å². The van der Waals surface area contributed by atoms with Crippen LogP contribution in [0.1, 0.15) is 73.6 Å². The van der Waals surface area contributed by atoms with E-state index < -0.39 is 48.4 Å². The molecule has 2 N–H and O–H groups in total. The minimum absolute atomic E-state index is 0.0151. The second-order valence-electron chi connectivity index (χ2n) is 13.2. The van der Waals surface area contributed by atoms with Crippen LogP contribution in [-0.4, -0.2) is 71.0 Å². The molecule has 3 fully saturated rings. The van der Waals surface area contributed by atoms with Crippen LogP contribution in [0.5, 0.6) is 0 Å². The van der Waals surface area contributed by atoms with Crippen LogP contribution in [0.2, 0.25) is 0 Å². The molecule has 3 amide bonds. The van der Waals surface area contributed by atoms with E-state index in [-0.39, 0.29) is 36.9 Å². The van der Waals surface area contributed by atoms with Crippen molar-refractivity contribution < 1.29 is 36.7 Å². The Labute approximate surface area is 273 Å².